The summed E-state index contributed by atoms with van der Waals surface area (Å²) in [6.07, 6.45) is 3.15. The number of hydrazone groups is 1. The number of aromatic nitrogens is 2. The van der Waals surface area contributed by atoms with E-state index in [1.807, 2.05) is 18.4 Å². The molecule has 0 radical (unpaired) electrons. The Morgan fingerprint density at radius 2 is 2.39 bits per heavy atom. The summed E-state index contributed by atoms with van der Waals surface area (Å²) >= 11 is 7.47. The molecule has 0 spiro atoms. The molecule has 18 heavy (non-hydrogen) atoms. The van der Waals surface area contributed by atoms with Gasteiger partial charge in [0.15, 0.2) is 0 Å². The highest BCUT2D eigenvalue weighted by molar-refractivity contribution is 7.11. The second-order valence-corrected chi connectivity index (χ2v) is 4.96. The van der Waals surface area contributed by atoms with Gasteiger partial charge in [0.2, 0.25) is 0 Å². The van der Waals surface area contributed by atoms with Crippen molar-refractivity contribution in [3.8, 4) is 0 Å². The van der Waals surface area contributed by atoms with Crippen LogP contribution in [-0.2, 0) is 7.05 Å². The van der Waals surface area contributed by atoms with Gasteiger partial charge in [-0.25, -0.2) is 4.68 Å². The fourth-order valence-corrected chi connectivity index (χ4v) is 2.27. The normalized spacial score (nSPS) is 11.1. The lowest BCUT2D eigenvalue weighted by Crippen LogP contribution is -2.20. The fraction of sp³-hybridized carbons (Fsp3) is 0.182. The third-order valence-electron chi connectivity index (χ3n) is 2.35. The highest BCUT2D eigenvalue weighted by Gasteiger charge is 2.05. The van der Waals surface area contributed by atoms with Gasteiger partial charge in [-0.1, -0.05) is 11.6 Å². The summed E-state index contributed by atoms with van der Waals surface area (Å²) in [7, 11) is 1.54. The van der Waals surface area contributed by atoms with Crippen molar-refractivity contribution >= 4 is 34.8 Å². The summed E-state index contributed by atoms with van der Waals surface area (Å²) in [5.41, 5.74) is 3.90. The van der Waals surface area contributed by atoms with E-state index in [1.54, 1.807) is 17.6 Å². The van der Waals surface area contributed by atoms with Crippen LogP contribution in [-0.4, -0.2) is 16.0 Å². The third-order valence-corrected chi connectivity index (χ3v) is 3.67. The topological polar surface area (TPSA) is 59.3 Å². The Morgan fingerprint density at radius 1 is 1.61 bits per heavy atom. The molecule has 0 fully saturated rings. The van der Waals surface area contributed by atoms with Crippen molar-refractivity contribution in [3.63, 3.8) is 0 Å². The Hall–Kier alpha value is -1.66. The first-order chi connectivity index (χ1) is 8.59. The van der Waals surface area contributed by atoms with Crippen LogP contribution in [0.3, 0.4) is 0 Å². The molecule has 2 aromatic heterocycles. The first kappa shape index (κ1) is 12.8. The van der Waals surface area contributed by atoms with Crippen LogP contribution in [0.5, 0.6) is 0 Å². The first-order valence-electron chi connectivity index (χ1n) is 5.14. The standard InChI is InChI=1S/C11H11ClN4OS/c1-7-3-4-18-9(7)6-13-15-8-5-14-16(2)11(17)10(8)12/h3-6,15H,1-2H3/b13-6-. The van der Waals surface area contributed by atoms with Gasteiger partial charge in [-0.15, -0.1) is 11.3 Å². The van der Waals surface area contributed by atoms with Gasteiger partial charge in [-0.2, -0.15) is 10.2 Å². The number of aryl methyl sites for hydroxylation is 2. The van der Waals surface area contributed by atoms with E-state index >= 15 is 0 Å². The van der Waals surface area contributed by atoms with E-state index in [4.69, 9.17) is 11.6 Å². The second kappa shape index (κ2) is 5.32. The summed E-state index contributed by atoms with van der Waals surface area (Å²) < 4.78 is 1.17. The summed E-state index contributed by atoms with van der Waals surface area (Å²) in [6.45, 7) is 2.00. The van der Waals surface area contributed by atoms with Crippen molar-refractivity contribution in [2.24, 2.45) is 12.1 Å². The van der Waals surface area contributed by atoms with E-state index in [0.717, 1.165) is 10.4 Å². The molecule has 0 saturated carbocycles. The van der Waals surface area contributed by atoms with E-state index in [0.29, 0.717) is 5.69 Å². The van der Waals surface area contributed by atoms with Gasteiger partial charge in [0, 0.05) is 11.9 Å². The zero-order chi connectivity index (χ0) is 13.1. The van der Waals surface area contributed by atoms with E-state index in [9.17, 15) is 4.79 Å². The Balaban J connectivity index is 2.17. The third kappa shape index (κ3) is 2.60. The number of thiophene rings is 1. The lowest BCUT2D eigenvalue weighted by Gasteiger charge is -2.03. The second-order valence-electron chi connectivity index (χ2n) is 3.64. The number of nitrogens with zero attached hydrogens (tertiary/aromatic N) is 3. The largest absolute Gasteiger partial charge is 0.287 e. The number of hydrogen-bond acceptors (Lipinski definition) is 5. The minimum Gasteiger partial charge on any atom is -0.275 e. The smallest absolute Gasteiger partial charge is 0.275 e. The van der Waals surface area contributed by atoms with Gasteiger partial charge >= 0.3 is 0 Å². The molecule has 2 aromatic rings. The van der Waals surface area contributed by atoms with Crippen LogP contribution in [0, 0.1) is 6.92 Å². The van der Waals surface area contributed by atoms with Gasteiger partial charge in [-0.3, -0.25) is 10.2 Å². The van der Waals surface area contributed by atoms with Gasteiger partial charge in [-0.05, 0) is 23.9 Å². The summed E-state index contributed by atoms with van der Waals surface area (Å²) in [5, 5.41) is 9.96. The van der Waals surface area contributed by atoms with E-state index in [-0.39, 0.29) is 10.6 Å². The molecule has 0 saturated heterocycles. The molecule has 0 aliphatic heterocycles. The lowest BCUT2D eigenvalue weighted by molar-refractivity contribution is 0.708. The molecule has 7 heteroatoms. The molecule has 2 heterocycles. The van der Waals surface area contributed by atoms with E-state index in [1.165, 1.54) is 17.9 Å². The highest BCUT2D eigenvalue weighted by atomic mass is 35.5. The first-order valence-corrected chi connectivity index (χ1v) is 6.40. The predicted octanol–water partition coefficient (Wildman–Crippen LogP) is 2.25. The Bertz CT molecular complexity index is 647. The maximum Gasteiger partial charge on any atom is 0.287 e. The van der Waals surface area contributed by atoms with Crippen molar-refractivity contribution in [3.05, 3.63) is 43.5 Å². The van der Waals surface area contributed by atoms with Crippen LogP contribution in [0.25, 0.3) is 0 Å². The Morgan fingerprint density at radius 3 is 3.06 bits per heavy atom. The number of nitrogens with one attached hydrogen (secondary N) is 1. The van der Waals surface area contributed by atoms with Crippen LogP contribution in [0.4, 0.5) is 5.69 Å². The fourth-order valence-electron chi connectivity index (χ4n) is 1.27. The molecule has 0 atom stereocenters. The predicted molar refractivity (Wildman–Crippen MR) is 74.8 cm³/mol. The molecular weight excluding hydrogens is 272 g/mol. The van der Waals surface area contributed by atoms with Crippen LogP contribution >= 0.6 is 22.9 Å². The highest BCUT2D eigenvalue weighted by Crippen LogP contribution is 2.16. The SMILES string of the molecule is Cc1ccsc1/C=N\Nc1cnn(C)c(=O)c1Cl. The molecule has 0 aliphatic rings. The van der Waals surface area contributed by atoms with Crippen molar-refractivity contribution in [2.45, 2.75) is 6.92 Å². The van der Waals surface area contributed by atoms with Crippen molar-refractivity contribution in [2.75, 3.05) is 5.43 Å². The van der Waals surface area contributed by atoms with E-state index in [2.05, 4.69) is 15.6 Å². The lowest BCUT2D eigenvalue weighted by atomic mass is 10.3. The maximum absolute atomic E-state index is 11.5. The zero-order valence-electron chi connectivity index (χ0n) is 9.85. The molecule has 0 aromatic carbocycles. The molecule has 0 unspecified atom stereocenters. The molecule has 0 amide bonds. The molecule has 5 nitrogen and oxygen atoms in total. The number of hydrogen-bond donors (Lipinski definition) is 1. The summed E-state index contributed by atoms with van der Waals surface area (Å²) in [4.78, 5) is 12.6. The van der Waals surface area contributed by atoms with Crippen molar-refractivity contribution in [1.29, 1.82) is 0 Å². The summed E-state index contributed by atoms with van der Waals surface area (Å²) in [6, 6.07) is 2.01. The van der Waals surface area contributed by atoms with Crippen LogP contribution in [0.1, 0.15) is 10.4 Å². The summed E-state index contributed by atoms with van der Waals surface area (Å²) in [5.74, 6) is 0. The van der Waals surface area contributed by atoms with Crippen LogP contribution in [0.15, 0.2) is 27.5 Å². The minimum atomic E-state index is -0.357. The molecular formula is C11H11ClN4OS. The van der Waals surface area contributed by atoms with Crippen molar-refractivity contribution < 1.29 is 0 Å². The number of halogens is 1. The maximum atomic E-state index is 11.5. The van der Waals surface area contributed by atoms with Gasteiger partial charge in [0.1, 0.15) is 10.7 Å². The number of anilines is 1. The van der Waals surface area contributed by atoms with Crippen molar-refractivity contribution in [1.82, 2.24) is 9.78 Å². The average Bonchev–Trinajstić information content (AvgIpc) is 2.75. The van der Waals surface area contributed by atoms with Crippen LogP contribution in [0.2, 0.25) is 5.02 Å². The van der Waals surface area contributed by atoms with Crippen LogP contribution < -0.4 is 11.0 Å². The quantitative estimate of drug-likeness (QED) is 0.694. The molecule has 1 N–H and O–H groups in total. The molecule has 0 bridgehead atoms. The monoisotopic (exact) mass is 282 g/mol. The zero-order valence-corrected chi connectivity index (χ0v) is 11.4. The Kier molecular flexibility index (Phi) is 3.78. The number of rotatable bonds is 3. The van der Waals surface area contributed by atoms with Gasteiger partial charge in [0.05, 0.1) is 12.4 Å². The average molecular weight is 283 g/mol. The molecule has 0 aliphatic carbocycles. The Labute approximate surface area is 113 Å². The molecule has 94 valence electrons. The molecule has 2 rings (SSSR count). The van der Waals surface area contributed by atoms with Gasteiger partial charge in [0.25, 0.3) is 5.56 Å². The van der Waals surface area contributed by atoms with E-state index < -0.39 is 0 Å². The van der Waals surface area contributed by atoms with Gasteiger partial charge < -0.3 is 0 Å². The minimum absolute atomic E-state index is 0.0764.